The first-order chi connectivity index (χ1) is 9.22. The predicted octanol–water partition coefficient (Wildman–Crippen LogP) is 3.43. The van der Waals surface area contributed by atoms with E-state index in [1.165, 1.54) is 6.42 Å². The lowest BCUT2D eigenvalue weighted by Crippen LogP contribution is -2.29. The molecule has 106 valence electrons. The predicted molar refractivity (Wildman–Crippen MR) is 77.3 cm³/mol. The van der Waals surface area contributed by atoms with Gasteiger partial charge in [-0.2, -0.15) is 0 Å². The molecule has 0 saturated heterocycles. The van der Waals surface area contributed by atoms with Crippen molar-refractivity contribution in [2.24, 2.45) is 5.73 Å². The van der Waals surface area contributed by atoms with Gasteiger partial charge in [0.25, 0.3) is 0 Å². The van der Waals surface area contributed by atoms with Crippen LogP contribution in [0.3, 0.4) is 0 Å². The summed E-state index contributed by atoms with van der Waals surface area (Å²) in [6, 6.07) is 8.28. The molecule has 3 heteroatoms. The van der Waals surface area contributed by atoms with Crippen molar-refractivity contribution in [1.29, 1.82) is 0 Å². The van der Waals surface area contributed by atoms with Crippen LogP contribution in [0, 0.1) is 0 Å². The van der Waals surface area contributed by atoms with E-state index in [2.05, 4.69) is 19.1 Å². The van der Waals surface area contributed by atoms with Gasteiger partial charge in [-0.3, -0.25) is 0 Å². The molecular formula is C16H25NO2. The smallest absolute Gasteiger partial charge is 0.120 e. The average molecular weight is 263 g/mol. The third-order valence-corrected chi connectivity index (χ3v) is 3.94. The molecule has 3 atom stereocenters. The first-order valence-electron chi connectivity index (χ1n) is 7.28. The standard InChI is InChI=1S/C16H25NO2/c1-3-16(17)12-6-4-8-14(10-12)19-15-9-5-7-13(11-15)18-2/h4,6,8,10,13,15-16H,3,5,7,9,11,17H2,1-2H3. The van der Waals surface area contributed by atoms with Crippen LogP contribution in [-0.4, -0.2) is 19.3 Å². The van der Waals surface area contributed by atoms with Gasteiger partial charge in [-0.1, -0.05) is 19.1 Å². The fourth-order valence-corrected chi connectivity index (χ4v) is 2.67. The quantitative estimate of drug-likeness (QED) is 0.885. The third kappa shape index (κ3) is 3.95. The van der Waals surface area contributed by atoms with E-state index in [9.17, 15) is 0 Å². The molecular weight excluding hydrogens is 238 g/mol. The second kappa shape index (κ2) is 6.92. The van der Waals surface area contributed by atoms with Crippen LogP contribution >= 0.6 is 0 Å². The van der Waals surface area contributed by atoms with Crippen molar-refractivity contribution in [3.8, 4) is 5.75 Å². The Balaban J connectivity index is 1.98. The first-order valence-corrected chi connectivity index (χ1v) is 7.28. The molecule has 1 aliphatic rings. The minimum absolute atomic E-state index is 0.0987. The molecule has 0 bridgehead atoms. The molecule has 3 nitrogen and oxygen atoms in total. The minimum Gasteiger partial charge on any atom is -0.490 e. The van der Waals surface area contributed by atoms with Crippen LogP contribution in [-0.2, 0) is 4.74 Å². The van der Waals surface area contributed by atoms with Crippen molar-refractivity contribution < 1.29 is 9.47 Å². The van der Waals surface area contributed by atoms with Gasteiger partial charge in [-0.25, -0.2) is 0 Å². The van der Waals surface area contributed by atoms with Crippen LogP contribution in [0.5, 0.6) is 5.75 Å². The van der Waals surface area contributed by atoms with E-state index in [0.29, 0.717) is 6.10 Å². The zero-order valence-electron chi connectivity index (χ0n) is 12.0. The maximum atomic E-state index is 6.09. The number of hydrogen-bond donors (Lipinski definition) is 1. The Morgan fingerprint density at radius 3 is 2.84 bits per heavy atom. The summed E-state index contributed by atoms with van der Waals surface area (Å²) in [5, 5.41) is 0. The zero-order chi connectivity index (χ0) is 13.7. The van der Waals surface area contributed by atoms with E-state index in [4.69, 9.17) is 15.2 Å². The highest BCUT2D eigenvalue weighted by atomic mass is 16.5. The summed E-state index contributed by atoms with van der Waals surface area (Å²) in [5.41, 5.74) is 7.22. The molecule has 0 spiro atoms. The maximum absolute atomic E-state index is 6.09. The van der Waals surface area contributed by atoms with E-state index in [1.54, 1.807) is 7.11 Å². The Labute approximate surface area is 116 Å². The zero-order valence-corrected chi connectivity index (χ0v) is 12.0. The van der Waals surface area contributed by atoms with Crippen molar-refractivity contribution in [2.45, 2.75) is 57.3 Å². The summed E-state index contributed by atoms with van der Waals surface area (Å²) in [6.07, 6.45) is 5.99. The number of hydrogen-bond acceptors (Lipinski definition) is 3. The number of nitrogens with two attached hydrogens (primary N) is 1. The van der Waals surface area contributed by atoms with E-state index >= 15 is 0 Å². The fourth-order valence-electron chi connectivity index (χ4n) is 2.67. The van der Waals surface area contributed by atoms with Gasteiger partial charge in [0, 0.05) is 19.6 Å². The Morgan fingerprint density at radius 2 is 2.11 bits per heavy atom. The van der Waals surface area contributed by atoms with Crippen molar-refractivity contribution >= 4 is 0 Å². The van der Waals surface area contributed by atoms with Gasteiger partial charge in [0.05, 0.1) is 6.10 Å². The molecule has 1 aliphatic carbocycles. The Hall–Kier alpha value is -1.06. The van der Waals surface area contributed by atoms with Crippen LogP contribution in [0.4, 0.5) is 0 Å². The highest BCUT2D eigenvalue weighted by molar-refractivity contribution is 5.30. The maximum Gasteiger partial charge on any atom is 0.120 e. The second-order valence-corrected chi connectivity index (χ2v) is 5.35. The topological polar surface area (TPSA) is 44.5 Å². The van der Waals surface area contributed by atoms with Gasteiger partial charge < -0.3 is 15.2 Å². The summed E-state index contributed by atoms with van der Waals surface area (Å²) < 4.78 is 11.5. The van der Waals surface area contributed by atoms with Gasteiger partial charge in [0.1, 0.15) is 11.9 Å². The lowest BCUT2D eigenvalue weighted by atomic mass is 9.95. The van der Waals surface area contributed by atoms with Gasteiger partial charge in [0.15, 0.2) is 0 Å². The lowest BCUT2D eigenvalue weighted by molar-refractivity contribution is 0.0209. The number of ether oxygens (including phenoxy) is 2. The molecule has 19 heavy (non-hydrogen) atoms. The Kier molecular flexibility index (Phi) is 5.23. The highest BCUT2D eigenvalue weighted by Crippen LogP contribution is 2.26. The number of rotatable bonds is 5. The van der Waals surface area contributed by atoms with E-state index < -0.39 is 0 Å². The Morgan fingerprint density at radius 1 is 1.32 bits per heavy atom. The monoisotopic (exact) mass is 263 g/mol. The second-order valence-electron chi connectivity index (χ2n) is 5.35. The van der Waals surface area contributed by atoms with Crippen LogP contribution in [0.15, 0.2) is 24.3 Å². The first kappa shape index (κ1) is 14.4. The highest BCUT2D eigenvalue weighted by Gasteiger charge is 2.23. The minimum atomic E-state index is 0.0987. The molecule has 0 aromatic heterocycles. The molecule has 0 heterocycles. The molecule has 0 amide bonds. The summed E-state index contributed by atoms with van der Waals surface area (Å²) in [5.74, 6) is 0.933. The average Bonchev–Trinajstić information content (AvgIpc) is 2.47. The molecule has 2 rings (SSSR count). The van der Waals surface area contributed by atoms with E-state index in [0.717, 1.165) is 37.0 Å². The summed E-state index contributed by atoms with van der Waals surface area (Å²) in [4.78, 5) is 0. The number of benzene rings is 1. The van der Waals surface area contributed by atoms with E-state index in [-0.39, 0.29) is 12.1 Å². The Bertz CT molecular complexity index is 394. The molecule has 1 aromatic rings. The fraction of sp³-hybridized carbons (Fsp3) is 0.625. The molecule has 0 aliphatic heterocycles. The van der Waals surface area contributed by atoms with Crippen molar-refractivity contribution in [1.82, 2.24) is 0 Å². The molecule has 2 N–H and O–H groups in total. The molecule has 1 aromatic carbocycles. The number of methoxy groups -OCH3 is 1. The van der Waals surface area contributed by atoms with Gasteiger partial charge in [-0.05, 0) is 43.4 Å². The van der Waals surface area contributed by atoms with Crippen molar-refractivity contribution in [2.75, 3.05) is 7.11 Å². The molecule has 0 radical (unpaired) electrons. The molecule has 1 saturated carbocycles. The van der Waals surface area contributed by atoms with Gasteiger partial charge in [0.2, 0.25) is 0 Å². The van der Waals surface area contributed by atoms with Crippen LogP contribution in [0.2, 0.25) is 0 Å². The van der Waals surface area contributed by atoms with Crippen LogP contribution in [0.25, 0.3) is 0 Å². The van der Waals surface area contributed by atoms with Crippen LogP contribution < -0.4 is 10.5 Å². The summed E-state index contributed by atoms with van der Waals surface area (Å²) in [7, 11) is 1.79. The third-order valence-electron chi connectivity index (χ3n) is 3.94. The van der Waals surface area contributed by atoms with Gasteiger partial charge in [-0.15, -0.1) is 0 Å². The molecule has 3 unspecified atom stereocenters. The normalized spacial score (nSPS) is 25.0. The SMILES string of the molecule is CCC(N)c1cccc(OC2CCCC(OC)C2)c1. The largest absolute Gasteiger partial charge is 0.490 e. The summed E-state index contributed by atoms with van der Waals surface area (Å²) >= 11 is 0. The van der Waals surface area contributed by atoms with Crippen LogP contribution in [0.1, 0.15) is 50.6 Å². The van der Waals surface area contributed by atoms with Gasteiger partial charge >= 0.3 is 0 Å². The van der Waals surface area contributed by atoms with Crippen molar-refractivity contribution in [3.05, 3.63) is 29.8 Å². The lowest BCUT2D eigenvalue weighted by Gasteiger charge is -2.28. The summed E-state index contributed by atoms with van der Waals surface area (Å²) in [6.45, 7) is 2.10. The van der Waals surface area contributed by atoms with Crippen molar-refractivity contribution in [3.63, 3.8) is 0 Å². The molecule has 1 fully saturated rings. The van der Waals surface area contributed by atoms with E-state index in [1.807, 2.05) is 12.1 Å².